The van der Waals surface area contributed by atoms with Crippen LogP contribution in [0.3, 0.4) is 0 Å². The molecule has 2 N–H and O–H groups in total. The van der Waals surface area contributed by atoms with E-state index < -0.39 is 5.91 Å². The number of azo groups is 1. The van der Waals surface area contributed by atoms with Crippen LogP contribution in [0.2, 0.25) is 0 Å². The summed E-state index contributed by atoms with van der Waals surface area (Å²) in [5.41, 5.74) is 1.71. The summed E-state index contributed by atoms with van der Waals surface area (Å²) in [4.78, 5) is 12.8. The van der Waals surface area contributed by atoms with Crippen LogP contribution in [0.15, 0.2) is 101 Å². The minimum Gasteiger partial charge on any atom is -0.505 e. The average Bonchev–Trinajstić information content (AvgIpc) is 2.74. The van der Waals surface area contributed by atoms with Crippen LogP contribution in [0.4, 0.5) is 17.1 Å². The zero-order chi connectivity index (χ0) is 19.3. The first-order valence-corrected chi connectivity index (χ1v) is 8.80. The van der Waals surface area contributed by atoms with Gasteiger partial charge in [-0.15, -0.1) is 5.11 Å². The lowest BCUT2D eigenvalue weighted by atomic mass is 10.0. The number of hydrogen-bond acceptors (Lipinski definition) is 4. The number of nitrogens with one attached hydrogen (secondary N) is 1. The zero-order valence-electron chi connectivity index (χ0n) is 14.9. The molecule has 0 aliphatic carbocycles. The number of amides is 1. The predicted molar refractivity (Wildman–Crippen MR) is 111 cm³/mol. The number of aromatic hydroxyl groups is 1. The van der Waals surface area contributed by atoms with Gasteiger partial charge in [-0.1, -0.05) is 60.7 Å². The number of phenolic OH excluding ortho intramolecular Hbond substituents is 1. The van der Waals surface area contributed by atoms with E-state index in [9.17, 15) is 9.90 Å². The Bertz CT molecular complexity index is 1160. The van der Waals surface area contributed by atoms with Gasteiger partial charge in [-0.3, -0.25) is 4.79 Å². The van der Waals surface area contributed by atoms with E-state index in [4.69, 9.17) is 0 Å². The summed E-state index contributed by atoms with van der Waals surface area (Å²) in [6.45, 7) is 0. The van der Waals surface area contributed by atoms with Crippen molar-refractivity contribution in [3.63, 3.8) is 0 Å². The minimum absolute atomic E-state index is 0.143. The molecular weight excluding hydrogens is 350 g/mol. The van der Waals surface area contributed by atoms with Crippen LogP contribution in [-0.2, 0) is 0 Å². The lowest BCUT2D eigenvalue weighted by Gasteiger charge is -2.11. The Morgan fingerprint density at radius 3 is 2.18 bits per heavy atom. The number of hydrogen-bond donors (Lipinski definition) is 2. The van der Waals surface area contributed by atoms with Gasteiger partial charge in [-0.05, 0) is 35.7 Å². The van der Waals surface area contributed by atoms with Crippen molar-refractivity contribution in [2.24, 2.45) is 10.2 Å². The summed E-state index contributed by atoms with van der Waals surface area (Å²) in [6.07, 6.45) is 0. The molecule has 0 saturated carbocycles. The standard InChI is InChI=1S/C23H17N3O2/c27-22-20(23(28)24-17-10-3-1-4-11-17)15-16-9-7-8-14-19(16)21(22)26-25-18-12-5-2-6-13-18/h1-15,27H,(H,24,28). The molecule has 4 aromatic rings. The Morgan fingerprint density at radius 1 is 0.786 bits per heavy atom. The van der Waals surface area contributed by atoms with Crippen molar-refractivity contribution in [2.45, 2.75) is 0 Å². The summed E-state index contributed by atoms with van der Waals surface area (Å²) in [5, 5.41) is 23.6. The van der Waals surface area contributed by atoms with Gasteiger partial charge in [0.1, 0.15) is 5.69 Å². The fourth-order valence-corrected chi connectivity index (χ4v) is 2.91. The third kappa shape index (κ3) is 3.59. The molecule has 0 radical (unpaired) electrons. The van der Waals surface area contributed by atoms with Gasteiger partial charge in [0.25, 0.3) is 5.91 Å². The highest BCUT2D eigenvalue weighted by molar-refractivity contribution is 6.11. The Labute approximate surface area is 162 Å². The maximum atomic E-state index is 12.8. The molecule has 0 spiro atoms. The zero-order valence-corrected chi connectivity index (χ0v) is 14.9. The van der Waals surface area contributed by atoms with Gasteiger partial charge in [0, 0.05) is 11.1 Å². The van der Waals surface area contributed by atoms with Gasteiger partial charge >= 0.3 is 0 Å². The number of benzene rings is 4. The SMILES string of the molecule is O=C(Nc1ccccc1)c1cc2ccccc2c(N=Nc2ccccc2)c1O. The third-order valence-electron chi connectivity index (χ3n) is 4.29. The summed E-state index contributed by atoms with van der Waals surface area (Å²) in [7, 11) is 0. The maximum absolute atomic E-state index is 12.8. The highest BCUT2D eigenvalue weighted by Gasteiger charge is 2.18. The topological polar surface area (TPSA) is 74.0 Å². The molecule has 0 bridgehead atoms. The highest BCUT2D eigenvalue weighted by Crippen LogP contribution is 2.39. The number of carbonyl (C=O) groups is 1. The summed E-state index contributed by atoms with van der Waals surface area (Å²) >= 11 is 0. The van der Waals surface area contributed by atoms with Crippen molar-refractivity contribution in [3.05, 3.63) is 96.6 Å². The maximum Gasteiger partial charge on any atom is 0.259 e. The van der Waals surface area contributed by atoms with E-state index in [0.29, 0.717) is 11.4 Å². The van der Waals surface area contributed by atoms with E-state index in [2.05, 4.69) is 15.5 Å². The van der Waals surface area contributed by atoms with Crippen LogP contribution in [-0.4, -0.2) is 11.0 Å². The van der Waals surface area contributed by atoms with E-state index >= 15 is 0 Å². The number of para-hydroxylation sites is 1. The van der Waals surface area contributed by atoms with Crippen molar-refractivity contribution in [1.29, 1.82) is 0 Å². The number of anilines is 1. The van der Waals surface area contributed by atoms with E-state index in [1.807, 2.05) is 72.8 Å². The van der Waals surface area contributed by atoms with Crippen molar-refractivity contribution in [2.75, 3.05) is 5.32 Å². The normalized spacial score (nSPS) is 11.0. The molecule has 0 aliphatic rings. The van der Waals surface area contributed by atoms with E-state index in [1.54, 1.807) is 18.2 Å². The third-order valence-corrected chi connectivity index (χ3v) is 4.29. The summed E-state index contributed by atoms with van der Waals surface area (Å²) in [5.74, 6) is -0.613. The average molecular weight is 367 g/mol. The first-order valence-electron chi connectivity index (χ1n) is 8.80. The van der Waals surface area contributed by atoms with Crippen LogP contribution < -0.4 is 5.32 Å². The molecule has 0 unspecified atom stereocenters. The molecule has 0 aliphatic heterocycles. The van der Waals surface area contributed by atoms with Gasteiger partial charge in [0.15, 0.2) is 5.75 Å². The molecular formula is C23H17N3O2. The number of nitrogens with zero attached hydrogens (tertiary/aromatic N) is 2. The highest BCUT2D eigenvalue weighted by atomic mass is 16.3. The van der Waals surface area contributed by atoms with Crippen LogP contribution in [0.25, 0.3) is 10.8 Å². The number of fused-ring (bicyclic) bond motifs is 1. The van der Waals surface area contributed by atoms with E-state index in [1.165, 1.54) is 0 Å². The van der Waals surface area contributed by atoms with Gasteiger partial charge in [-0.2, -0.15) is 5.11 Å². The van der Waals surface area contributed by atoms with Crippen LogP contribution >= 0.6 is 0 Å². The quantitative estimate of drug-likeness (QED) is 0.421. The summed E-state index contributed by atoms with van der Waals surface area (Å²) < 4.78 is 0. The molecule has 28 heavy (non-hydrogen) atoms. The van der Waals surface area contributed by atoms with Gasteiger partial charge in [0.05, 0.1) is 11.3 Å². The van der Waals surface area contributed by atoms with E-state index in [0.717, 1.165) is 10.8 Å². The smallest absolute Gasteiger partial charge is 0.259 e. The molecule has 0 heterocycles. The molecule has 1 amide bonds. The second-order valence-corrected chi connectivity index (χ2v) is 6.20. The lowest BCUT2D eigenvalue weighted by Crippen LogP contribution is -2.12. The fourth-order valence-electron chi connectivity index (χ4n) is 2.91. The first kappa shape index (κ1) is 17.4. The van der Waals surface area contributed by atoms with Gasteiger partial charge in [-0.25, -0.2) is 0 Å². The minimum atomic E-state index is -0.411. The Morgan fingerprint density at radius 2 is 1.43 bits per heavy atom. The first-order chi connectivity index (χ1) is 13.7. The molecule has 5 nitrogen and oxygen atoms in total. The second kappa shape index (κ2) is 7.72. The molecule has 0 atom stereocenters. The summed E-state index contributed by atoms with van der Waals surface area (Å²) in [6, 6.07) is 27.4. The Kier molecular flexibility index (Phi) is 4.80. The fraction of sp³-hybridized carbons (Fsp3) is 0. The van der Waals surface area contributed by atoms with Crippen LogP contribution in [0.5, 0.6) is 5.75 Å². The number of rotatable bonds is 4. The van der Waals surface area contributed by atoms with Gasteiger partial charge < -0.3 is 10.4 Å². The number of carbonyl (C=O) groups excluding carboxylic acids is 1. The molecule has 0 aromatic heterocycles. The molecule has 4 aromatic carbocycles. The van der Waals surface area contributed by atoms with Gasteiger partial charge in [0.2, 0.25) is 0 Å². The second-order valence-electron chi connectivity index (χ2n) is 6.20. The van der Waals surface area contributed by atoms with Crippen molar-refractivity contribution in [3.8, 4) is 5.75 Å². The van der Waals surface area contributed by atoms with Crippen LogP contribution in [0, 0.1) is 0 Å². The predicted octanol–water partition coefficient (Wildman–Crippen LogP) is 6.21. The Balaban J connectivity index is 1.79. The molecule has 4 rings (SSSR count). The Hall–Kier alpha value is -3.99. The van der Waals surface area contributed by atoms with E-state index in [-0.39, 0.29) is 17.0 Å². The lowest BCUT2D eigenvalue weighted by molar-refractivity contribution is 0.102. The molecule has 0 fully saturated rings. The molecule has 136 valence electrons. The monoisotopic (exact) mass is 367 g/mol. The molecule has 0 saturated heterocycles. The number of phenols is 1. The van der Waals surface area contributed by atoms with Crippen LogP contribution in [0.1, 0.15) is 10.4 Å². The van der Waals surface area contributed by atoms with Crippen molar-refractivity contribution < 1.29 is 9.90 Å². The van der Waals surface area contributed by atoms with Crippen molar-refractivity contribution in [1.82, 2.24) is 0 Å². The molecule has 5 heteroatoms. The largest absolute Gasteiger partial charge is 0.505 e. The van der Waals surface area contributed by atoms with Crippen molar-refractivity contribution >= 4 is 33.7 Å².